The average Bonchev–Trinajstić information content (AvgIpc) is 3.53. The summed E-state index contributed by atoms with van der Waals surface area (Å²) >= 11 is 2.50. The SMILES string of the molecule is Cc1cccc(-n2c(CNC(=O)c3ccccc3C(F)(F)F)nnc2SCC(=O)Nc2nc3ccccc3s2)c1. The van der Waals surface area contributed by atoms with E-state index in [0.717, 1.165) is 39.7 Å². The molecule has 0 atom stereocenters. The molecule has 0 spiro atoms. The van der Waals surface area contributed by atoms with Gasteiger partial charge < -0.3 is 10.6 Å². The Morgan fingerprint density at radius 1 is 1.00 bits per heavy atom. The summed E-state index contributed by atoms with van der Waals surface area (Å²) in [7, 11) is 0. The number of halogens is 3. The number of benzene rings is 3. The molecule has 5 rings (SSSR count). The third-order valence-corrected chi connectivity index (χ3v) is 7.60. The van der Waals surface area contributed by atoms with Crippen LogP contribution in [0.1, 0.15) is 27.3 Å². The van der Waals surface area contributed by atoms with Crippen LogP contribution in [0.5, 0.6) is 0 Å². The Morgan fingerprint density at radius 3 is 2.55 bits per heavy atom. The summed E-state index contributed by atoms with van der Waals surface area (Å²) in [6, 6.07) is 19.6. The van der Waals surface area contributed by atoms with Gasteiger partial charge in [0.1, 0.15) is 0 Å². The average molecular weight is 583 g/mol. The molecule has 0 fully saturated rings. The van der Waals surface area contributed by atoms with E-state index in [2.05, 4.69) is 25.8 Å². The van der Waals surface area contributed by atoms with Crippen molar-refractivity contribution in [2.24, 2.45) is 0 Å². The zero-order valence-corrected chi connectivity index (χ0v) is 22.5. The molecule has 2 amide bonds. The highest BCUT2D eigenvalue weighted by Crippen LogP contribution is 2.32. The first-order valence-electron chi connectivity index (χ1n) is 11.9. The van der Waals surface area contributed by atoms with E-state index >= 15 is 0 Å². The second-order valence-electron chi connectivity index (χ2n) is 8.62. The van der Waals surface area contributed by atoms with Gasteiger partial charge >= 0.3 is 6.18 Å². The van der Waals surface area contributed by atoms with Crippen molar-refractivity contribution < 1.29 is 22.8 Å². The van der Waals surface area contributed by atoms with E-state index in [1.54, 1.807) is 4.57 Å². The number of aromatic nitrogens is 4. The lowest BCUT2D eigenvalue weighted by atomic mass is 10.1. The van der Waals surface area contributed by atoms with Crippen LogP contribution in [0.3, 0.4) is 0 Å². The number of hydrogen-bond acceptors (Lipinski definition) is 7. The molecule has 40 heavy (non-hydrogen) atoms. The molecule has 0 aliphatic carbocycles. The smallest absolute Gasteiger partial charge is 0.345 e. The number of carbonyl (C=O) groups is 2. The number of para-hydroxylation sites is 1. The number of amides is 2. The van der Waals surface area contributed by atoms with Crippen LogP contribution in [-0.2, 0) is 17.5 Å². The largest absolute Gasteiger partial charge is 0.417 e. The minimum absolute atomic E-state index is 0.00515. The maximum absolute atomic E-state index is 13.4. The van der Waals surface area contributed by atoms with Gasteiger partial charge in [-0.3, -0.25) is 14.2 Å². The molecule has 2 N–H and O–H groups in total. The Hall–Kier alpha value is -4.23. The van der Waals surface area contributed by atoms with Gasteiger partial charge in [-0.25, -0.2) is 4.98 Å². The number of nitrogens with zero attached hydrogens (tertiary/aromatic N) is 4. The molecule has 0 unspecified atom stereocenters. The van der Waals surface area contributed by atoms with E-state index in [1.165, 1.54) is 23.5 Å². The summed E-state index contributed by atoms with van der Waals surface area (Å²) in [6.45, 7) is 1.71. The van der Waals surface area contributed by atoms with Crippen LogP contribution in [0, 0.1) is 6.92 Å². The second-order valence-corrected chi connectivity index (χ2v) is 10.6. The monoisotopic (exact) mass is 582 g/mol. The van der Waals surface area contributed by atoms with Crippen LogP contribution in [-0.4, -0.2) is 37.3 Å². The molecular weight excluding hydrogens is 561 g/mol. The minimum Gasteiger partial charge on any atom is -0.345 e. The van der Waals surface area contributed by atoms with Crippen LogP contribution >= 0.6 is 23.1 Å². The van der Waals surface area contributed by atoms with Crippen LogP contribution in [0.15, 0.2) is 78.0 Å². The predicted molar refractivity (Wildman–Crippen MR) is 148 cm³/mol. The number of fused-ring (bicyclic) bond motifs is 1. The molecule has 0 saturated carbocycles. The van der Waals surface area contributed by atoms with Crippen molar-refractivity contribution in [1.29, 1.82) is 0 Å². The first-order chi connectivity index (χ1) is 19.2. The molecule has 5 aromatic rings. The summed E-state index contributed by atoms with van der Waals surface area (Å²) in [4.78, 5) is 29.8. The van der Waals surface area contributed by atoms with Crippen LogP contribution < -0.4 is 10.6 Å². The Bertz CT molecular complexity index is 1670. The fourth-order valence-corrected chi connectivity index (χ4v) is 5.58. The number of aryl methyl sites for hydroxylation is 1. The normalized spacial score (nSPS) is 11.5. The third-order valence-electron chi connectivity index (χ3n) is 5.72. The van der Waals surface area contributed by atoms with Crippen molar-refractivity contribution in [1.82, 2.24) is 25.1 Å². The molecular formula is C27H21F3N6O2S2. The Labute approximate surface area is 234 Å². The van der Waals surface area contributed by atoms with Crippen molar-refractivity contribution in [3.05, 3.63) is 95.3 Å². The van der Waals surface area contributed by atoms with Gasteiger partial charge in [0.25, 0.3) is 5.91 Å². The first-order valence-corrected chi connectivity index (χ1v) is 13.7. The second kappa shape index (κ2) is 11.5. The molecule has 3 aromatic carbocycles. The number of nitrogens with one attached hydrogen (secondary N) is 2. The van der Waals surface area contributed by atoms with Gasteiger partial charge in [0.05, 0.1) is 33.6 Å². The van der Waals surface area contributed by atoms with Gasteiger partial charge in [-0.2, -0.15) is 13.2 Å². The fraction of sp³-hybridized carbons (Fsp3) is 0.148. The van der Waals surface area contributed by atoms with Crippen LogP contribution in [0.4, 0.5) is 18.3 Å². The molecule has 0 aliphatic heterocycles. The molecule has 0 bridgehead atoms. The van der Waals surface area contributed by atoms with Gasteiger partial charge in [-0.05, 0) is 48.9 Å². The standard InChI is InChI=1S/C27H21F3N6O2S2/c1-16-7-6-8-17(13-16)36-22(14-31-24(38)18-9-2-3-10-19(18)27(28,29)30)34-35-26(36)39-15-23(37)33-25-32-20-11-4-5-12-21(20)40-25/h2-13H,14-15H2,1H3,(H,31,38)(H,32,33,37). The third kappa shape index (κ3) is 6.15. The quantitative estimate of drug-likeness (QED) is 0.222. The van der Waals surface area contributed by atoms with E-state index in [1.807, 2.05) is 55.5 Å². The Kier molecular flexibility index (Phi) is 7.85. The highest BCUT2D eigenvalue weighted by molar-refractivity contribution is 7.99. The van der Waals surface area contributed by atoms with Crippen LogP contribution in [0.25, 0.3) is 15.9 Å². The van der Waals surface area contributed by atoms with E-state index in [-0.39, 0.29) is 24.0 Å². The van der Waals surface area contributed by atoms with Gasteiger partial charge in [0.2, 0.25) is 5.91 Å². The maximum Gasteiger partial charge on any atom is 0.417 e. The number of rotatable bonds is 8. The maximum atomic E-state index is 13.4. The highest BCUT2D eigenvalue weighted by atomic mass is 32.2. The number of thioether (sulfide) groups is 1. The first kappa shape index (κ1) is 27.3. The summed E-state index contributed by atoms with van der Waals surface area (Å²) in [6.07, 6.45) is -4.68. The number of carbonyl (C=O) groups excluding carboxylic acids is 2. The highest BCUT2D eigenvalue weighted by Gasteiger charge is 2.34. The molecule has 0 radical (unpaired) electrons. The lowest BCUT2D eigenvalue weighted by Gasteiger charge is -2.14. The lowest BCUT2D eigenvalue weighted by Crippen LogP contribution is -2.27. The number of alkyl halides is 3. The van der Waals surface area contributed by atoms with Crippen molar-refractivity contribution in [2.45, 2.75) is 24.8 Å². The van der Waals surface area contributed by atoms with Gasteiger partial charge in [0, 0.05) is 5.69 Å². The van der Waals surface area contributed by atoms with E-state index in [9.17, 15) is 22.8 Å². The number of anilines is 1. The van der Waals surface area contributed by atoms with Gasteiger partial charge in [-0.1, -0.05) is 59.5 Å². The molecule has 2 aromatic heterocycles. The van der Waals surface area contributed by atoms with E-state index in [0.29, 0.717) is 16.0 Å². The topological polar surface area (TPSA) is 102 Å². The summed E-state index contributed by atoms with van der Waals surface area (Å²) in [5.41, 5.74) is 0.906. The lowest BCUT2D eigenvalue weighted by molar-refractivity contribution is -0.138. The molecule has 204 valence electrons. The zero-order valence-electron chi connectivity index (χ0n) is 20.9. The van der Waals surface area contributed by atoms with E-state index in [4.69, 9.17) is 0 Å². The predicted octanol–water partition coefficient (Wildman–Crippen LogP) is 5.87. The zero-order chi connectivity index (χ0) is 28.3. The number of hydrogen-bond donors (Lipinski definition) is 2. The Balaban J connectivity index is 1.33. The van der Waals surface area contributed by atoms with Crippen molar-refractivity contribution in [3.8, 4) is 5.69 Å². The van der Waals surface area contributed by atoms with Crippen molar-refractivity contribution in [2.75, 3.05) is 11.1 Å². The number of thiazole rings is 1. The summed E-state index contributed by atoms with van der Waals surface area (Å²) in [5, 5.41) is 14.5. The molecule has 0 saturated heterocycles. The van der Waals surface area contributed by atoms with Crippen molar-refractivity contribution in [3.63, 3.8) is 0 Å². The summed E-state index contributed by atoms with van der Waals surface area (Å²) < 4.78 is 42.8. The van der Waals surface area contributed by atoms with Crippen LogP contribution in [0.2, 0.25) is 0 Å². The summed E-state index contributed by atoms with van der Waals surface area (Å²) in [5.74, 6) is -0.888. The van der Waals surface area contributed by atoms with Crippen molar-refractivity contribution >= 4 is 50.3 Å². The van der Waals surface area contributed by atoms with Gasteiger partial charge in [-0.15, -0.1) is 10.2 Å². The fourth-order valence-electron chi connectivity index (χ4n) is 3.93. The van der Waals surface area contributed by atoms with Gasteiger partial charge in [0.15, 0.2) is 16.1 Å². The Morgan fingerprint density at radius 2 is 1.77 bits per heavy atom. The minimum atomic E-state index is -4.68. The van der Waals surface area contributed by atoms with E-state index < -0.39 is 23.2 Å². The molecule has 13 heteroatoms. The molecule has 2 heterocycles. The molecule has 8 nitrogen and oxygen atoms in total. The molecule has 0 aliphatic rings.